The summed E-state index contributed by atoms with van der Waals surface area (Å²) in [6.45, 7) is 5.85. The predicted molar refractivity (Wildman–Crippen MR) is 81.0 cm³/mol. The van der Waals surface area contributed by atoms with Crippen molar-refractivity contribution >= 4 is 0 Å². The Bertz CT molecular complexity index is 192. The van der Waals surface area contributed by atoms with E-state index < -0.39 is 0 Å². The van der Waals surface area contributed by atoms with E-state index in [0.29, 0.717) is 72.5 Å². The number of hydrogen-bond donors (Lipinski definition) is 3. The maximum atomic E-state index is 9.03. The summed E-state index contributed by atoms with van der Waals surface area (Å²) < 4.78 is 21.0. The van der Waals surface area contributed by atoms with Gasteiger partial charge >= 0.3 is 0 Å². The standard InChI is InChI=1S/C14H31NO7/c16-4-1-15(2-7-19-11-13-21-9-5-17)3-8-20-12-14-22-10-6-18/h16-18H,1-14H2. The van der Waals surface area contributed by atoms with Crippen LogP contribution in [0.25, 0.3) is 0 Å². The van der Waals surface area contributed by atoms with E-state index in [1.165, 1.54) is 0 Å². The molecule has 0 heterocycles. The normalized spacial score (nSPS) is 11.5. The zero-order valence-corrected chi connectivity index (χ0v) is 13.3. The van der Waals surface area contributed by atoms with Crippen molar-refractivity contribution in [1.29, 1.82) is 0 Å². The van der Waals surface area contributed by atoms with Gasteiger partial charge < -0.3 is 34.3 Å². The van der Waals surface area contributed by atoms with Gasteiger partial charge in [-0.2, -0.15) is 0 Å². The third kappa shape index (κ3) is 16.1. The summed E-state index contributed by atoms with van der Waals surface area (Å²) in [5.41, 5.74) is 0. The van der Waals surface area contributed by atoms with Gasteiger partial charge in [0.1, 0.15) is 0 Å². The smallest absolute Gasteiger partial charge is 0.0701 e. The summed E-state index contributed by atoms with van der Waals surface area (Å²) in [7, 11) is 0. The summed E-state index contributed by atoms with van der Waals surface area (Å²) in [6.07, 6.45) is 0. The van der Waals surface area contributed by atoms with Gasteiger partial charge in [0.05, 0.1) is 72.7 Å². The molecule has 8 heteroatoms. The maximum Gasteiger partial charge on any atom is 0.0701 e. The molecule has 0 fully saturated rings. The van der Waals surface area contributed by atoms with Crippen molar-refractivity contribution in [3.63, 3.8) is 0 Å². The van der Waals surface area contributed by atoms with Crippen LogP contribution in [-0.4, -0.2) is 113 Å². The van der Waals surface area contributed by atoms with E-state index in [1.807, 2.05) is 0 Å². The molecule has 0 rings (SSSR count). The molecule has 0 saturated heterocycles. The quantitative estimate of drug-likeness (QED) is 0.257. The van der Waals surface area contributed by atoms with Gasteiger partial charge in [0.2, 0.25) is 0 Å². The van der Waals surface area contributed by atoms with Crippen LogP contribution in [0.4, 0.5) is 0 Å². The maximum absolute atomic E-state index is 9.03. The lowest BCUT2D eigenvalue weighted by molar-refractivity contribution is 0.0128. The summed E-state index contributed by atoms with van der Waals surface area (Å²) in [5, 5.41) is 26.1. The fourth-order valence-electron chi connectivity index (χ4n) is 1.64. The van der Waals surface area contributed by atoms with Crippen LogP contribution in [0, 0.1) is 0 Å². The zero-order chi connectivity index (χ0) is 16.3. The van der Waals surface area contributed by atoms with Crippen molar-refractivity contribution in [2.45, 2.75) is 0 Å². The Kier molecular flexibility index (Phi) is 18.5. The van der Waals surface area contributed by atoms with Crippen molar-refractivity contribution in [3.8, 4) is 0 Å². The number of hydrogen-bond acceptors (Lipinski definition) is 8. The molecule has 8 nitrogen and oxygen atoms in total. The number of rotatable bonds is 18. The van der Waals surface area contributed by atoms with Crippen molar-refractivity contribution in [1.82, 2.24) is 4.90 Å². The topological polar surface area (TPSA) is 101 Å². The summed E-state index contributed by atoms with van der Waals surface area (Å²) in [4.78, 5) is 2.06. The molecular formula is C14H31NO7. The summed E-state index contributed by atoms with van der Waals surface area (Å²) in [5.74, 6) is 0. The van der Waals surface area contributed by atoms with E-state index >= 15 is 0 Å². The fraction of sp³-hybridized carbons (Fsp3) is 1.00. The highest BCUT2D eigenvalue weighted by atomic mass is 16.5. The van der Waals surface area contributed by atoms with Gasteiger partial charge in [-0.1, -0.05) is 0 Å². The first kappa shape index (κ1) is 21.7. The Morgan fingerprint density at radius 3 is 1.23 bits per heavy atom. The Morgan fingerprint density at radius 2 is 0.864 bits per heavy atom. The first-order valence-electron chi connectivity index (χ1n) is 7.71. The van der Waals surface area contributed by atoms with Crippen LogP contribution in [-0.2, 0) is 18.9 Å². The average molecular weight is 325 g/mol. The van der Waals surface area contributed by atoms with Crippen LogP contribution in [0.15, 0.2) is 0 Å². The first-order chi connectivity index (χ1) is 10.8. The number of aliphatic hydroxyl groups is 3. The van der Waals surface area contributed by atoms with Crippen LogP contribution in [0.5, 0.6) is 0 Å². The summed E-state index contributed by atoms with van der Waals surface area (Å²) >= 11 is 0. The minimum absolute atomic E-state index is 0.0231. The van der Waals surface area contributed by atoms with E-state index in [4.69, 9.17) is 34.3 Å². The van der Waals surface area contributed by atoms with Crippen molar-refractivity contribution in [3.05, 3.63) is 0 Å². The lowest BCUT2D eigenvalue weighted by Crippen LogP contribution is -2.34. The highest BCUT2D eigenvalue weighted by Crippen LogP contribution is 1.90. The first-order valence-corrected chi connectivity index (χ1v) is 7.71. The van der Waals surface area contributed by atoms with Gasteiger partial charge in [0.25, 0.3) is 0 Å². The Balaban J connectivity index is 3.44. The number of aliphatic hydroxyl groups excluding tert-OH is 3. The second kappa shape index (κ2) is 18.7. The number of ether oxygens (including phenoxy) is 4. The van der Waals surface area contributed by atoms with Crippen molar-refractivity contribution < 1.29 is 34.3 Å². The van der Waals surface area contributed by atoms with E-state index in [0.717, 1.165) is 0 Å². The lowest BCUT2D eigenvalue weighted by atomic mass is 10.4. The highest BCUT2D eigenvalue weighted by Gasteiger charge is 2.04. The molecule has 0 aliphatic heterocycles. The molecule has 0 atom stereocenters. The van der Waals surface area contributed by atoms with Crippen LogP contribution >= 0.6 is 0 Å². The summed E-state index contributed by atoms with van der Waals surface area (Å²) in [6, 6.07) is 0. The third-order valence-corrected chi connectivity index (χ3v) is 2.74. The van der Waals surface area contributed by atoms with E-state index in [-0.39, 0.29) is 19.8 Å². The van der Waals surface area contributed by atoms with Gasteiger partial charge in [-0.05, 0) is 0 Å². The van der Waals surface area contributed by atoms with E-state index in [9.17, 15) is 0 Å². The molecule has 0 saturated carbocycles. The Hall–Kier alpha value is -0.320. The molecule has 3 N–H and O–H groups in total. The SMILES string of the molecule is OCCOCCOCCN(CCO)CCOCCOCCO. The van der Waals surface area contributed by atoms with E-state index in [2.05, 4.69) is 4.90 Å². The minimum atomic E-state index is 0.0231. The van der Waals surface area contributed by atoms with Crippen LogP contribution in [0.2, 0.25) is 0 Å². The zero-order valence-electron chi connectivity index (χ0n) is 13.3. The Labute approximate surface area is 132 Å². The molecule has 0 aliphatic carbocycles. The van der Waals surface area contributed by atoms with Crippen molar-refractivity contribution in [2.24, 2.45) is 0 Å². The molecule has 0 aromatic heterocycles. The second-order valence-electron chi connectivity index (χ2n) is 4.46. The van der Waals surface area contributed by atoms with E-state index in [1.54, 1.807) is 0 Å². The number of nitrogens with zero attached hydrogens (tertiary/aromatic N) is 1. The largest absolute Gasteiger partial charge is 0.395 e. The van der Waals surface area contributed by atoms with Gasteiger partial charge in [-0.3, -0.25) is 4.90 Å². The highest BCUT2D eigenvalue weighted by molar-refractivity contribution is 4.56. The predicted octanol–water partition coefficient (Wildman–Crippen LogP) is -1.67. The molecule has 134 valence electrons. The second-order valence-corrected chi connectivity index (χ2v) is 4.46. The Morgan fingerprint density at radius 1 is 0.455 bits per heavy atom. The molecular weight excluding hydrogens is 294 g/mol. The molecule has 0 amide bonds. The fourth-order valence-corrected chi connectivity index (χ4v) is 1.64. The van der Waals surface area contributed by atoms with Crippen LogP contribution in [0.1, 0.15) is 0 Å². The van der Waals surface area contributed by atoms with Gasteiger partial charge in [0, 0.05) is 19.6 Å². The third-order valence-electron chi connectivity index (χ3n) is 2.74. The molecule has 0 unspecified atom stereocenters. The van der Waals surface area contributed by atoms with Gasteiger partial charge in [-0.15, -0.1) is 0 Å². The average Bonchev–Trinajstić information content (AvgIpc) is 2.53. The van der Waals surface area contributed by atoms with Crippen LogP contribution < -0.4 is 0 Å². The molecule has 0 spiro atoms. The van der Waals surface area contributed by atoms with Crippen molar-refractivity contribution in [2.75, 3.05) is 92.3 Å². The van der Waals surface area contributed by atoms with Crippen LogP contribution in [0.3, 0.4) is 0 Å². The lowest BCUT2D eigenvalue weighted by Gasteiger charge is -2.21. The van der Waals surface area contributed by atoms with Gasteiger partial charge in [-0.25, -0.2) is 0 Å². The molecule has 0 aromatic carbocycles. The molecule has 0 aliphatic rings. The molecule has 0 bridgehead atoms. The van der Waals surface area contributed by atoms with Gasteiger partial charge in [0.15, 0.2) is 0 Å². The minimum Gasteiger partial charge on any atom is -0.395 e. The molecule has 22 heavy (non-hydrogen) atoms. The molecule has 0 radical (unpaired) electrons. The monoisotopic (exact) mass is 325 g/mol. The molecule has 0 aromatic rings.